The predicted molar refractivity (Wildman–Crippen MR) is 48.4 cm³/mol. The number of phosphoric acid groups is 1. The number of rotatable bonds is 2. The van der Waals surface area contributed by atoms with Crippen LogP contribution in [0.15, 0.2) is 0 Å². The van der Waals surface area contributed by atoms with Gasteiger partial charge in [-0.25, -0.2) is 4.57 Å². The second kappa shape index (κ2) is 10.6. The van der Waals surface area contributed by atoms with Crippen molar-refractivity contribution in [3.8, 4) is 0 Å². The molecule has 15 heavy (non-hydrogen) atoms. The summed E-state index contributed by atoms with van der Waals surface area (Å²) in [4.78, 5) is 54.4. The van der Waals surface area contributed by atoms with E-state index in [0.717, 1.165) is 0 Å². The molecule has 1 atom stereocenters. The molecule has 0 saturated heterocycles. The van der Waals surface area contributed by atoms with E-state index >= 15 is 0 Å². The largest absolute Gasteiger partial charge is 2.00 e. The van der Waals surface area contributed by atoms with Crippen LogP contribution in [0.3, 0.4) is 0 Å². The molecule has 9 N–H and O–H groups in total. The van der Waals surface area contributed by atoms with Gasteiger partial charge in [0.15, 0.2) is 0 Å². The van der Waals surface area contributed by atoms with Gasteiger partial charge in [-0.3, -0.25) is 0 Å². The number of hydrogen-bond acceptors (Lipinski definition) is 8. The molecule has 0 radical (unpaired) electrons. The van der Waals surface area contributed by atoms with Crippen molar-refractivity contribution in [2.24, 2.45) is 0 Å². The van der Waals surface area contributed by atoms with Crippen LogP contribution in [0.2, 0.25) is 0 Å². The second-order valence-electron chi connectivity index (χ2n) is 1.40. The zero-order chi connectivity index (χ0) is 11.3. The van der Waals surface area contributed by atoms with E-state index < -0.39 is 25.1 Å². The maximum absolute atomic E-state index is 9.38. The van der Waals surface area contributed by atoms with Crippen LogP contribution in [0.5, 0.6) is 0 Å². The van der Waals surface area contributed by atoms with Crippen molar-refractivity contribution < 1.29 is 50.2 Å². The van der Waals surface area contributed by atoms with Gasteiger partial charge >= 0.3 is 62.9 Å². The molecule has 0 saturated carbocycles. The van der Waals surface area contributed by atoms with Crippen LogP contribution in [0, 0.1) is 0 Å². The van der Waals surface area contributed by atoms with Gasteiger partial charge in [-0.05, 0) is 4.57 Å². The molecule has 0 aromatic carbocycles. The van der Waals surface area contributed by atoms with Crippen LogP contribution in [0.4, 0.5) is 0 Å². The summed E-state index contributed by atoms with van der Waals surface area (Å²) in [6, 6.07) is 0. The fraction of sp³-hybridized carbons (Fsp3) is 0. The normalized spacial score (nSPS) is 11.3. The van der Waals surface area contributed by atoms with E-state index in [0.29, 0.717) is 0 Å². The first-order valence-electron chi connectivity index (χ1n) is 2.21. The first-order chi connectivity index (χ1) is 5.42. The third kappa shape index (κ3) is 67.2. The standard InChI is InChI=1S/Ca.H3N.H3O6PSi.H3O4P.2H/c;;1-7(2)6-8(3,4)5;1-5(2,3)4;;/h;1H3;3-5H;(H3,1,2,3,4);;/q+2;;;;2*-1. The Labute approximate surface area is 119 Å². The van der Waals surface area contributed by atoms with E-state index in [1.165, 1.54) is 0 Å². The Kier molecular flexibility index (Phi) is 17.9. The molecule has 11 nitrogen and oxygen atoms in total. The minimum absolute atomic E-state index is 0. The fourth-order valence-electron chi connectivity index (χ4n) is 0.100. The molecule has 0 bridgehead atoms. The predicted octanol–water partition coefficient (Wildman–Crippen LogP) is -3.49. The Bertz CT molecular complexity index is 207. The van der Waals surface area contributed by atoms with E-state index in [4.69, 9.17) is 33.6 Å². The van der Waals surface area contributed by atoms with Gasteiger partial charge in [0, 0.05) is 0 Å². The molecule has 0 fully saturated rings. The van der Waals surface area contributed by atoms with Crippen LogP contribution in [-0.4, -0.2) is 75.9 Å². The van der Waals surface area contributed by atoms with Crippen molar-refractivity contribution in [3.05, 3.63) is 0 Å². The molecular weight excluding hydrogens is 304 g/mol. The Hall–Kier alpha value is 1.45. The Balaban J connectivity index is -0.0000000306. The molecule has 0 amide bonds. The summed E-state index contributed by atoms with van der Waals surface area (Å²) in [6.07, 6.45) is 0. The average Bonchev–Trinajstić information content (AvgIpc) is 1.47. The molecule has 0 heterocycles. The summed E-state index contributed by atoms with van der Waals surface area (Å²) in [5.41, 5.74) is 0. The monoisotopic (exact) mass is 315 g/mol. The summed E-state index contributed by atoms with van der Waals surface area (Å²) in [6.45, 7) is 0. The molecule has 0 aliphatic rings. The molecule has 0 aliphatic heterocycles. The molecule has 0 aliphatic carbocycles. The molecule has 15 heteroatoms. The van der Waals surface area contributed by atoms with Gasteiger partial charge in [-0.2, -0.15) is 0 Å². The van der Waals surface area contributed by atoms with Crippen molar-refractivity contribution in [2.45, 2.75) is 0 Å². The van der Waals surface area contributed by atoms with Gasteiger partial charge in [0.2, 0.25) is 0 Å². The summed E-state index contributed by atoms with van der Waals surface area (Å²) in [7, 11) is -12.8. The smallest absolute Gasteiger partial charge is 1.00 e. The Morgan fingerprint density at radius 2 is 1.47 bits per heavy atom. The Morgan fingerprint density at radius 1 is 1.27 bits per heavy atom. The fourth-order valence-corrected chi connectivity index (χ4v) is 0.900. The van der Waals surface area contributed by atoms with E-state index in [-0.39, 0.29) is 46.7 Å². The van der Waals surface area contributed by atoms with E-state index in [9.17, 15) is 9.46 Å². The summed E-state index contributed by atoms with van der Waals surface area (Å²) < 4.78 is 21.5. The molecule has 0 rings (SSSR count). The van der Waals surface area contributed by atoms with Crippen molar-refractivity contribution in [2.75, 3.05) is 0 Å². The number of hydrogen-bond donors (Lipinski definition) is 7. The van der Waals surface area contributed by atoms with Crippen LogP contribution in [-0.2, 0) is 13.3 Å². The first kappa shape index (κ1) is 25.3. The van der Waals surface area contributed by atoms with Crippen molar-refractivity contribution in [1.82, 2.24) is 6.15 Å². The van der Waals surface area contributed by atoms with E-state index in [1.54, 1.807) is 0 Å². The molecule has 0 aromatic rings. The quantitative estimate of drug-likeness (QED) is 0.195. The SMILES string of the molecule is N.O=P(O)(O)O.O=[P+]([O-])O[Si](O)(O)O.[Ca+2].[H-].[H-]. The minimum atomic E-state index is -4.82. The van der Waals surface area contributed by atoms with Gasteiger partial charge < -0.3 is 43.0 Å². The Morgan fingerprint density at radius 3 is 1.47 bits per heavy atom. The maximum atomic E-state index is 9.38. The third-order valence-corrected chi connectivity index (χ3v) is 1.77. The molecule has 1 unspecified atom stereocenters. The third-order valence-electron chi connectivity index (χ3n) is 0.197. The summed E-state index contributed by atoms with van der Waals surface area (Å²) in [5, 5.41) is 0. The van der Waals surface area contributed by atoms with Gasteiger partial charge in [0.05, 0.1) is 0 Å². The van der Waals surface area contributed by atoms with Gasteiger partial charge in [0.1, 0.15) is 0 Å². The van der Waals surface area contributed by atoms with Crippen molar-refractivity contribution in [3.63, 3.8) is 0 Å². The molecular formula is H11CaNO10P2Si. The zero-order valence-corrected chi connectivity index (χ0v) is 12.1. The van der Waals surface area contributed by atoms with Crippen molar-refractivity contribution >= 4 is 62.9 Å². The maximum Gasteiger partial charge on any atom is 2.00 e. The average molecular weight is 315 g/mol. The minimum Gasteiger partial charge on any atom is -1.00 e. The van der Waals surface area contributed by atoms with Crippen LogP contribution >= 0.6 is 16.1 Å². The second-order valence-corrected chi connectivity index (χ2v) is 4.75. The van der Waals surface area contributed by atoms with Gasteiger partial charge in [-0.15, -0.1) is 4.21 Å². The topological polar surface area (TPSA) is 223 Å². The summed E-state index contributed by atoms with van der Waals surface area (Å²) in [5.74, 6) is 0. The zero-order valence-electron chi connectivity index (χ0n) is 9.12. The molecule has 0 spiro atoms. The van der Waals surface area contributed by atoms with Gasteiger partial charge in [-0.1, -0.05) is 0 Å². The van der Waals surface area contributed by atoms with Crippen molar-refractivity contribution in [1.29, 1.82) is 0 Å². The summed E-state index contributed by atoms with van der Waals surface area (Å²) >= 11 is 0. The van der Waals surface area contributed by atoms with E-state index in [2.05, 4.69) is 4.21 Å². The van der Waals surface area contributed by atoms with E-state index in [1.807, 2.05) is 0 Å². The molecule has 92 valence electrons. The first-order valence-corrected chi connectivity index (χ1v) is 6.62. The van der Waals surface area contributed by atoms with Gasteiger partial charge in [0.25, 0.3) is 0 Å². The van der Waals surface area contributed by atoms with Crippen LogP contribution < -0.4 is 11.0 Å². The van der Waals surface area contributed by atoms with Crippen LogP contribution in [0.1, 0.15) is 2.85 Å². The molecule has 0 aromatic heterocycles. The van der Waals surface area contributed by atoms with Crippen LogP contribution in [0.25, 0.3) is 0 Å².